The summed E-state index contributed by atoms with van der Waals surface area (Å²) in [6.07, 6.45) is 1.26. The van der Waals surface area contributed by atoms with Gasteiger partial charge in [-0.3, -0.25) is 4.79 Å². The van der Waals surface area contributed by atoms with E-state index in [0.717, 1.165) is 0 Å². The summed E-state index contributed by atoms with van der Waals surface area (Å²) in [6.45, 7) is 0. The topological polar surface area (TPSA) is 55.1 Å². The summed E-state index contributed by atoms with van der Waals surface area (Å²) < 4.78 is 14.8. The third-order valence-corrected chi connectivity index (χ3v) is 2.13. The lowest BCUT2D eigenvalue weighted by Crippen LogP contribution is -2.09. The molecule has 4 nitrogen and oxygen atoms in total. The fraction of sp³-hybridized carbons (Fsp3) is 0.0909. The number of aromatic nitrogens is 2. The molecule has 2 rings (SSSR count). The minimum Gasteiger partial charge on any atom is -0.481 e. The molecule has 0 unspecified atom stereocenters. The van der Waals surface area contributed by atoms with Crippen LogP contribution in [0.25, 0.3) is 5.69 Å². The minimum atomic E-state index is -0.974. The second kappa shape index (κ2) is 4.14. The monoisotopic (exact) mass is 220 g/mol. The third kappa shape index (κ3) is 1.93. The van der Waals surface area contributed by atoms with Crippen molar-refractivity contribution in [3.63, 3.8) is 0 Å². The number of aliphatic carboxylic acids is 1. The van der Waals surface area contributed by atoms with Gasteiger partial charge in [0.25, 0.3) is 0 Å². The van der Waals surface area contributed by atoms with Gasteiger partial charge in [0.15, 0.2) is 0 Å². The van der Waals surface area contributed by atoms with Crippen LogP contribution in [0, 0.1) is 5.82 Å². The predicted molar refractivity (Wildman–Crippen MR) is 54.9 cm³/mol. The van der Waals surface area contributed by atoms with Gasteiger partial charge in [-0.25, -0.2) is 9.07 Å². The molecule has 0 aliphatic carbocycles. The molecule has 0 aliphatic heterocycles. The summed E-state index contributed by atoms with van der Waals surface area (Å²) in [5, 5.41) is 12.6. The first-order chi connectivity index (χ1) is 7.68. The lowest BCUT2D eigenvalue weighted by Gasteiger charge is -2.06. The molecule has 0 bridgehead atoms. The molecule has 0 spiro atoms. The summed E-state index contributed by atoms with van der Waals surface area (Å²) in [7, 11) is 0. The summed E-state index contributed by atoms with van der Waals surface area (Å²) >= 11 is 0. The van der Waals surface area contributed by atoms with Crippen LogP contribution in [0.1, 0.15) is 5.69 Å². The van der Waals surface area contributed by atoms with E-state index in [1.54, 1.807) is 24.3 Å². The fourth-order valence-corrected chi connectivity index (χ4v) is 1.46. The molecule has 0 radical (unpaired) electrons. The van der Waals surface area contributed by atoms with E-state index in [1.165, 1.54) is 16.9 Å². The average Bonchev–Trinajstić information content (AvgIpc) is 2.66. The molecule has 1 heterocycles. The van der Waals surface area contributed by atoms with Gasteiger partial charge < -0.3 is 5.11 Å². The van der Waals surface area contributed by atoms with Crippen molar-refractivity contribution in [2.24, 2.45) is 0 Å². The van der Waals surface area contributed by atoms with Crippen molar-refractivity contribution < 1.29 is 14.3 Å². The Balaban J connectivity index is 2.45. The Bertz CT molecular complexity index is 522. The van der Waals surface area contributed by atoms with Crippen molar-refractivity contribution >= 4 is 5.97 Å². The van der Waals surface area contributed by atoms with Crippen LogP contribution < -0.4 is 0 Å². The van der Waals surface area contributed by atoms with Crippen LogP contribution in [0.15, 0.2) is 36.5 Å². The number of carboxylic acid groups (broad SMARTS) is 1. The van der Waals surface area contributed by atoms with Gasteiger partial charge in [0.2, 0.25) is 0 Å². The Kier molecular flexibility index (Phi) is 2.68. The Morgan fingerprint density at radius 1 is 1.38 bits per heavy atom. The summed E-state index contributed by atoms with van der Waals surface area (Å²) in [5.41, 5.74) is 0.696. The number of carbonyl (C=O) groups is 1. The number of benzene rings is 1. The van der Waals surface area contributed by atoms with E-state index in [9.17, 15) is 9.18 Å². The minimum absolute atomic E-state index is 0.186. The third-order valence-electron chi connectivity index (χ3n) is 2.13. The summed E-state index contributed by atoms with van der Waals surface area (Å²) in [5.74, 6) is -1.41. The highest BCUT2D eigenvalue weighted by atomic mass is 19.1. The van der Waals surface area contributed by atoms with Crippen LogP contribution in [0.4, 0.5) is 4.39 Å². The zero-order valence-electron chi connectivity index (χ0n) is 8.30. The van der Waals surface area contributed by atoms with E-state index in [-0.39, 0.29) is 12.1 Å². The number of hydrogen-bond acceptors (Lipinski definition) is 2. The molecule has 1 aromatic heterocycles. The first-order valence-electron chi connectivity index (χ1n) is 4.68. The number of para-hydroxylation sites is 1. The lowest BCUT2D eigenvalue weighted by atomic mass is 10.2. The van der Waals surface area contributed by atoms with Gasteiger partial charge in [0.1, 0.15) is 11.5 Å². The van der Waals surface area contributed by atoms with Crippen molar-refractivity contribution in [2.45, 2.75) is 6.42 Å². The molecular formula is C11H9FN2O2. The molecule has 0 saturated carbocycles. The maximum absolute atomic E-state index is 13.5. The summed E-state index contributed by atoms with van der Waals surface area (Å²) in [6, 6.07) is 7.65. The van der Waals surface area contributed by atoms with Crippen LogP contribution in [-0.2, 0) is 11.2 Å². The van der Waals surface area contributed by atoms with Gasteiger partial charge in [0, 0.05) is 6.20 Å². The van der Waals surface area contributed by atoms with Gasteiger partial charge in [-0.2, -0.15) is 5.10 Å². The van der Waals surface area contributed by atoms with Crippen LogP contribution in [-0.4, -0.2) is 20.9 Å². The number of carboxylic acids is 1. The number of nitrogens with zero attached hydrogens (tertiary/aromatic N) is 2. The number of rotatable bonds is 3. The van der Waals surface area contributed by atoms with Crippen molar-refractivity contribution in [1.29, 1.82) is 0 Å². The van der Waals surface area contributed by atoms with E-state index in [0.29, 0.717) is 5.69 Å². The molecule has 0 aliphatic rings. The normalized spacial score (nSPS) is 10.3. The Morgan fingerprint density at radius 3 is 2.81 bits per heavy atom. The molecule has 0 atom stereocenters. The molecule has 0 amide bonds. The van der Waals surface area contributed by atoms with E-state index in [1.807, 2.05) is 0 Å². The van der Waals surface area contributed by atoms with E-state index in [4.69, 9.17) is 5.11 Å². The molecule has 0 fully saturated rings. The maximum Gasteiger partial charge on any atom is 0.309 e. The zero-order valence-corrected chi connectivity index (χ0v) is 8.30. The first-order valence-corrected chi connectivity index (χ1v) is 4.68. The molecule has 82 valence electrons. The highest BCUT2D eigenvalue weighted by Crippen LogP contribution is 2.14. The van der Waals surface area contributed by atoms with E-state index >= 15 is 0 Å². The molecule has 1 N–H and O–H groups in total. The quantitative estimate of drug-likeness (QED) is 0.855. The Labute approximate surface area is 90.9 Å². The lowest BCUT2D eigenvalue weighted by molar-refractivity contribution is -0.136. The fourth-order valence-electron chi connectivity index (χ4n) is 1.46. The van der Waals surface area contributed by atoms with Gasteiger partial charge >= 0.3 is 5.97 Å². The molecule has 16 heavy (non-hydrogen) atoms. The first kappa shape index (κ1) is 10.4. The van der Waals surface area contributed by atoms with Crippen molar-refractivity contribution in [1.82, 2.24) is 9.78 Å². The Hall–Kier alpha value is -2.17. The van der Waals surface area contributed by atoms with Crippen LogP contribution >= 0.6 is 0 Å². The smallest absolute Gasteiger partial charge is 0.309 e. The highest BCUT2D eigenvalue weighted by Gasteiger charge is 2.11. The van der Waals surface area contributed by atoms with Gasteiger partial charge in [0.05, 0.1) is 12.1 Å². The number of halogens is 1. The molecular weight excluding hydrogens is 211 g/mol. The van der Waals surface area contributed by atoms with Crippen molar-refractivity contribution in [3.05, 3.63) is 48.0 Å². The highest BCUT2D eigenvalue weighted by molar-refractivity contribution is 5.69. The van der Waals surface area contributed by atoms with E-state index < -0.39 is 11.8 Å². The molecule has 5 heteroatoms. The second-order valence-electron chi connectivity index (χ2n) is 3.26. The van der Waals surface area contributed by atoms with Crippen LogP contribution in [0.3, 0.4) is 0 Å². The molecule has 0 saturated heterocycles. The largest absolute Gasteiger partial charge is 0.481 e. The van der Waals surface area contributed by atoms with Gasteiger partial charge in [-0.15, -0.1) is 0 Å². The van der Waals surface area contributed by atoms with Crippen molar-refractivity contribution in [3.8, 4) is 5.69 Å². The SMILES string of the molecule is O=C(O)Cc1ccnn1-c1ccccc1F. The Morgan fingerprint density at radius 2 is 2.12 bits per heavy atom. The van der Waals surface area contributed by atoms with E-state index in [2.05, 4.69) is 5.10 Å². The average molecular weight is 220 g/mol. The molecule has 1 aromatic carbocycles. The number of hydrogen-bond donors (Lipinski definition) is 1. The van der Waals surface area contributed by atoms with Gasteiger partial charge in [-0.1, -0.05) is 12.1 Å². The molecule has 2 aromatic rings. The van der Waals surface area contributed by atoms with Crippen molar-refractivity contribution in [2.75, 3.05) is 0 Å². The maximum atomic E-state index is 13.5. The summed E-state index contributed by atoms with van der Waals surface area (Å²) in [4.78, 5) is 10.6. The standard InChI is InChI=1S/C11H9FN2O2/c12-9-3-1-2-4-10(9)14-8(5-6-13-14)7-11(15)16/h1-6H,7H2,(H,15,16). The van der Waals surface area contributed by atoms with Crippen LogP contribution in [0.2, 0.25) is 0 Å². The zero-order chi connectivity index (χ0) is 11.5. The predicted octanol–water partition coefficient (Wildman–Crippen LogP) is 1.64. The van der Waals surface area contributed by atoms with Crippen LogP contribution in [0.5, 0.6) is 0 Å². The van der Waals surface area contributed by atoms with Gasteiger partial charge in [-0.05, 0) is 18.2 Å². The second-order valence-corrected chi connectivity index (χ2v) is 3.26.